The number of nitrogens with one attached hydrogen (secondary N) is 1. The molecule has 1 N–H and O–H groups in total. The smallest absolute Gasteiger partial charge is 0.119 e. The minimum absolute atomic E-state index is 0.201. The Hall–Kier alpha value is -1.02. The van der Waals surface area contributed by atoms with E-state index in [-0.39, 0.29) is 11.5 Å². The zero-order chi connectivity index (χ0) is 15.3. The molecule has 21 heavy (non-hydrogen) atoms. The molecule has 0 spiro atoms. The molecule has 2 nitrogen and oxygen atoms in total. The molecule has 0 bridgehead atoms. The van der Waals surface area contributed by atoms with Crippen LogP contribution >= 0.6 is 0 Å². The normalized spacial score (nSPS) is 18.5. The predicted molar refractivity (Wildman–Crippen MR) is 90.1 cm³/mol. The molecule has 0 amide bonds. The first-order chi connectivity index (χ1) is 9.95. The van der Waals surface area contributed by atoms with E-state index in [0.29, 0.717) is 6.04 Å². The van der Waals surface area contributed by atoms with Crippen molar-refractivity contribution in [3.05, 3.63) is 29.8 Å². The van der Waals surface area contributed by atoms with Crippen LogP contribution in [0.4, 0.5) is 0 Å². The fraction of sp³-hybridized carbons (Fsp3) is 0.684. The van der Waals surface area contributed by atoms with E-state index in [0.717, 1.165) is 12.3 Å². The maximum atomic E-state index is 6.01. The highest BCUT2D eigenvalue weighted by Crippen LogP contribution is 2.24. The van der Waals surface area contributed by atoms with Crippen molar-refractivity contribution in [1.29, 1.82) is 0 Å². The number of benzene rings is 1. The Balaban J connectivity index is 1.78. The average Bonchev–Trinajstić information content (AvgIpc) is 2.46. The summed E-state index contributed by atoms with van der Waals surface area (Å²) in [4.78, 5) is 0. The van der Waals surface area contributed by atoms with Gasteiger partial charge >= 0.3 is 0 Å². The SMILES string of the molecule is CC(CNC1CCCCC1)Oc1ccc(C(C)(C)C)cc1. The van der Waals surface area contributed by atoms with E-state index >= 15 is 0 Å². The fourth-order valence-corrected chi connectivity index (χ4v) is 2.95. The van der Waals surface area contributed by atoms with Gasteiger partial charge < -0.3 is 10.1 Å². The third-order valence-corrected chi connectivity index (χ3v) is 4.36. The summed E-state index contributed by atoms with van der Waals surface area (Å²) in [6, 6.07) is 9.25. The standard InChI is InChI=1S/C19H31NO/c1-15(14-20-17-8-6-5-7-9-17)21-18-12-10-16(11-13-18)19(2,3)4/h10-13,15,17,20H,5-9,14H2,1-4H3. The molecule has 2 heteroatoms. The van der Waals surface area contributed by atoms with Crippen LogP contribution in [-0.2, 0) is 5.41 Å². The maximum Gasteiger partial charge on any atom is 0.119 e. The van der Waals surface area contributed by atoms with Gasteiger partial charge in [-0.1, -0.05) is 52.2 Å². The zero-order valence-corrected chi connectivity index (χ0v) is 14.1. The van der Waals surface area contributed by atoms with Crippen LogP contribution in [0.2, 0.25) is 0 Å². The lowest BCUT2D eigenvalue weighted by molar-refractivity contribution is 0.205. The fourth-order valence-electron chi connectivity index (χ4n) is 2.95. The lowest BCUT2D eigenvalue weighted by Gasteiger charge is -2.25. The molecule has 1 saturated carbocycles. The second-order valence-electron chi connectivity index (χ2n) is 7.45. The topological polar surface area (TPSA) is 21.3 Å². The molecule has 1 unspecified atom stereocenters. The Morgan fingerprint density at radius 1 is 1.10 bits per heavy atom. The first-order valence-electron chi connectivity index (χ1n) is 8.46. The zero-order valence-electron chi connectivity index (χ0n) is 14.1. The molecule has 118 valence electrons. The largest absolute Gasteiger partial charge is 0.489 e. The molecule has 1 aliphatic rings. The molecule has 0 aromatic heterocycles. The molecular weight excluding hydrogens is 258 g/mol. The van der Waals surface area contributed by atoms with Gasteiger partial charge in [-0.05, 0) is 42.9 Å². The lowest BCUT2D eigenvalue weighted by Crippen LogP contribution is -2.37. The molecule has 1 aromatic carbocycles. The second-order valence-corrected chi connectivity index (χ2v) is 7.45. The molecular formula is C19H31NO. The average molecular weight is 289 g/mol. The quantitative estimate of drug-likeness (QED) is 0.850. The van der Waals surface area contributed by atoms with Crippen LogP contribution in [0.5, 0.6) is 5.75 Å². The number of hydrogen-bond acceptors (Lipinski definition) is 2. The summed E-state index contributed by atoms with van der Waals surface area (Å²) in [6.45, 7) is 9.79. The summed E-state index contributed by atoms with van der Waals surface area (Å²) in [6.07, 6.45) is 7.03. The second kappa shape index (κ2) is 7.31. The van der Waals surface area contributed by atoms with Crippen LogP contribution in [0.25, 0.3) is 0 Å². The molecule has 0 saturated heterocycles. The summed E-state index contributed by atoms with van der Waals surface area (Å²) in [5.41, 5.74) is 1.55. The van der Waals surface area contributed by atoms with E-state index in [1.807, 2.05) is 0 Å². The van der Waals surface area contributed by atoms with E-state index < -0.39 is 0 Å². The van der Waals surface area contributed by atoms with E-state index in [9.17, 15) is 0 Å². The molecule has 2 rings (SSSR count). The van der Waals surface area contributed by atoms with Crippen molar-refractivity contribution < 1.29 is 4.74 Å². The number of hydrogen-bond donors (Lipinski definition) is 1. The van der Waals surface area contributed by atoms with Gasteiger partial charge in [0.05, 0.1) is 0 Å². The van der Waals surface area contributed by atoms with Crippen molar-refractivity contribution in [3.63, 3.8) is 0 Å². The van der Waals surface area contributed by atoms with Gasteiger partial charge in [0, 0.05) is 12.6 Å². The molecule has 0 aliphatic heterocycles. The third kappa shape index (κ3) is 5.35. The van der Waals surface area contributed by atoms with Gasteiger partial charge in [-0.15, -0.1) is 0 Å². The monoisotopic (exact) mass is 289 g/mol. The Morgan fingerprint density at radius 3 is 2.29 bits per heavy atom. The first kappa shape index (κ1) is 16.4. The highest BCUT2D eigenvalue weighted by molar-refractivity contribution is 5.31. The Bertz CT molecular complexity index is 412. The van der Waals surface area contributed by atoms with Crippen molar-refractivity contribution in [2.75, 3.05) is 6.54 Å². The van der Waals surface area contributed by atoms with Crippen LogP contribution < -0.4 is 10.1 Å². The van der Waals surface area contributed by atoms with Crippen LogP contribution in [0.15, 0.2) is 24.3 Å². The summed E-state index contributed by atoms with van der Waals surface area (Å²) in [7, 11) is 0. The van der Waals surface area contributed by atoms with Crippen LogP contribution in [0.1, 0.15) is 65.4 Å². The summed E-state index contributed by atoms with van der Waals surface area (Å²) in [5, 5.41) is 3.65. The predicted octanol–water partition coefficient (Wildman–Crippen LogP) is 4.67. The highest BCUT2D eigenvalue weighted by Gasteiger charge is 2.15. The lowest BCUT2D eigenvalue weighted by atomic mass is 9.87. The van der Waals surface area contributed by atoms with Gasteiger partial charge in [0.1, 0.15) is 11.9 Å². The van der Waals surface area contributed by atoms with Gasteiger partial charge in [0.25, 0.3) is 0 Å². The van der Waals surface area contributed by atoms with Crippen molar-refractivity contribution in [3.8, 4) is 5.75 Å². The van der Waals surface area contributed by atoms with Crippen molar-refractivity contribution in [2.24, 2.45) is 0 Å². The molecule has 1 aliphatic carbocycles. The Labute approximate surface area is 130 Å². The number of ether oxygens (including phenoxy) is 1. The van der Waals surface area contributed by atoms with Gasteiger partial charge in [-0.2, -0.15) is 0 Å². The van der Waals surface area contributed by atoms with E-state index in [1.54, 1.807) is 0 Å². The summed E-state index contributed by atoms with van der Waals surface area (Å²) >= 11 is 0. The van der Waals surface area contributed by atoms with Gasteiger partial charge in [0.15, 0.2) is 0 Å². The van der Waals surface area contributed by atoms with Crippen LogP contribution in [0.3, 0.4) is 0 Å². The van der Waals surface area contributed by atoms with Gasteiger partial charge in [-0.25, -0.2) is 0 Å². The van der Waals surface area contributed by atoms with Gasteiger partial charge in [0.2, 0.25) is 0 Å². The van der Waals surface area contributed by atoms with Crippen molar-refractivity contribution >= 4 is 0 Å². The summed E-state index contributed by atoms with van der Waals surface area (Å²) < 4.78 is 6.01. The molecule has 0 radical (unpaired) electrons. The minimum Gasteiger partial charge on any atom is -0.489 e. The van der Waals surface area contributed by atoms with Crippen molar-refractivity contribution in [2.45, 2.75) is 77.4 Å². The van der Waals surface area contributed by atoms with Crippen LogP contribution in [-0.4, -0.2) is 18.7 Å². The van der Waals surface area contributed by atoms with E-state index in [4.69, 9.17) is 4.74 Å². The Morgan fingerprint density at radius 2 is 1.71 bits per heavy atom. The van der Waals surface area contributed by atoms with E-state index in [2.05, 4.69) is 57.3 Å². The minimum atomic E-state index is 0.201. The van der Waals surface area contributed by atoms with Gasteiger partial charge in [-0.3, -0.25) is 0 Å². The Kier molecular flexibility index (Phi) is 5.69. The third-order valence-electron chi connectivity index (χ3n) is 4.36. The first-order valence-corrected chi connectivity index (χ1v) is 8.46. The molecule has 1 fully saturated rings. The molecule has 1 aromatic rings. The van der Waals surface area contributed by atoms with Crippen molar-refractivity contribution in [1.82, 2.24) is 5.32 Å². The number of rotatable bonds is 5. The van der Waals surface area contributed by atoms with E-state index in [1.165, 1.54) is 37.7 Å². The summed E-state index contributed by atoms with van der Waals surface area (Å²) in [5.74, 6) is 0.973. The molecule has 1 atom stereocenters. The molecule has 0 heterocycles. The maximum absolute atomic E-state index is 6.01. The highest BCUT2D eigenvalue weighted by atomic mass is 16.5. The van der Waals surface area contributed by atoms with Crippen LogP contribution in [0, 0.1) is 0 Å².